The van der Waals surface area contributed by atoms with Gasteiger partial charge in [-0.05, 0) is 40.9 Å². The van der Waals surface area contributed by atoms with Crippen LogP contribution in [0.2, 0.25) is 0 Å². The molecule has 0 amide bonds. The molecule has 0 spiro atoms. The summed E-state index contributed by atoms with van der Waals surface area (Å²) in [5.74, 6) is 0.729. The van der Waals surface area contributed by atoms with E-state index in [-0.39, 0.29) is 0 Å². The summed E-state index contributed by atoms with van der Waals surface area (Å²) in [5.41, 5.74) is 2.27. The monoisotopic (exact) mass is 236 g/mol. The van der Waals surface area contributed by atoms with Crippen molar-refractivity contribution in [3.63, 3.8) is 0 Å². The van der Waals surface area contributed by atoms with Crippen LogP contribution in [0.3, 0.4) is 0 Å². The van der Waals surface area contributed by atoms with Crippen molar-refractivity contribution in [1.29, 1.82) is 0 Å². The maximum Gasteiger partial charge on any atom is 0.151 e. The molecule has 1 saturated carbocycles. The summed E-state index contributed by atoms with van der Waals surface area (Å²) in [5, 5.41) is 0. The van der Waals surface area contributed by atoms with Gasteiger partial charge in [-0.3, -0.25) is 0 Å². The van der Waals surface area contributed by atoms with Crippen LogP contribution in [0.25, 0.3) is 5.65 Å². The minimum Gasteiger partial charge on any atom is -0.306 e. The second-order valence-corrected chi connectivity index (χ2v) is 4.38. The second-order valence-electron chi connectivity index (χ2n) is 3.53. The third-order valence-corrected chi connectivity index (χ3v) is 3.07. The summed E-state index contributed by atoms with van der Waals surface area (Å²) in [4.78, 5) is 4.59. The highest BCUT2D eigenvalue weighted by Gasteiger charge is 2.26. The van der Waals surface area contributed by atoms with Crippen LogP contribution in [0.5, 0.6) is 0 Å². The Labute approximate surface area is 84.7 Å². The van der Waals surface area contributed by atoms with Crippen LogP contribution in [0.15, 0.2) is 29.0 Å². The normalized spacial score (nSPS) is 16.7. The van der Waals surface area contributed by atoms with Gasteiger partial charge in [0, 0.05) is 18.3 Å². The van der Waals surface area contributed by atoms with E-state index in [9.17, 15) is 0 Å². The molecule has 1 aliphatic rings. The third-order valence-electron chi connectivity index (χ3n) is 2.45. The fourth-order valence-corrected chi connectivity index (χ4v) is 2.02. The number of hydrogen-bond donors (Lipinski definition) is 0. The van der Waals surface area contributed by atoms with Crippen LogP contribution in [-0.2, 0) is 0 Å². The van der Waals surface area contributed by atoms with E-state index in [4.69, 9.17) is 0 Å². The molecule has 0 aromatic carbocycles. The summed E-state index contributed by atoms with van der Waals surface area (Å²) in [6, 6.07) is 4.05. The molecule has 0 unspecified atom stereocenters. The lowest BCUT2D eigenvalue weighted by Crippen LogP contribution is -1.80. The Morgan fingerprint density at radius 2 is 2.31 bits per heavy atom. The number of hydrogen-bond acceptors (Lipinski definition) is 1. The summed E-state index contributed by atoms with van der Waals surface area (Å²) in [7, 11) is 0. The Kier molecular flexibility index (Phi) is 1.50. The highest BCUT2D eigenvalue weighted by atomic mass is 79.9. The number of pyridine rings is 1. The molecular formula is C10H9BrN2. The van der Waals surface area contributed by atoms with Crippen molar-refractivity contribution in [2.75, 3.05) is 0 Å². The largest absolute Gasteiger partial charge is 0.306 e. The van der Waals surface area contributed by atoms with Crippen LogP contribution in [0.4, 0.5) is 0 Å². The van der Waals surface area contributed by atoms with Gasteiger partial charge in [-0.2, -0.15) is 0 Å². The topological polar surface area (TPSA) is 17.3 Å². The number of aromatic nitrogens is 2. The highest BCUT2D eigenvalue weighted by molar-refractivity contribution is 9.10. The first-order valence-electron chi connectivity index (χ1n) is 4.48. The average molecular weight is 237 g/mol. The summed E-state index contributed by atoms with van der Waals surface area (Å²) >= 11 is 3.50. The van der Waals surface area contributed by atoms with Gasteiger partial charge >= 0.3 is 0 Å². The quantitative estimate of drug-likeness (QED) is 0.745. The fourth-order valence-electron chi connectivity index (χ4n) is 1.57. The molecule has 0 radical (unpaired) electrons. The number of rotatable bonds is 1. The molecule has 1 fully saturated rings. The van der Waals surface area contributed by atoms with Gasteiger partial charge in [-0.1, -0.05) is 0 Å². The van der Waals surface area contributed by atoms with Gasteiger partial charge in [0.2, 0.25) is 0 Å². The van der Waals surface area contributed by atoms with Crippen molar-refractivity contribution < 1.29 is 0 Å². The number of nitrogens with zero attached hydrogens (tertiary/aromatic N) is 2. The summed E-state index contributed by atoms with van der Waals surface area (Å²) < 4.78 is 3.15. The molecular weight excluding hydrogens is 228 g/mol. The van der Waals surface area contributed by atoms with Gasteiger partial charge in [-0.25, -0.2) is 4.98 Å². The number of imidazole rings is 1. The molecule has 0 saturated heterocycles. The molecule has 1 aliphatic carbocycles. The van der Waals surface area contributed by atoms with Crippen molar-refractivity contribution >= 4 is 21.6 Å². The molecule has 3 heteroatoms. The van der Waals surface area contributed by atoms with Gasteiger partial charge in [0.15, 0.2) is 5.65 Å². The van der Waals surface area contributed by atoms with Crippen molar-refractivity contribution in [1.82, 2.24) is 9.38 Å². The Balaban J connectivity index is 2.26. The first-order valence-corrected chi connectivity index (χ1v) is 5.27. The molecule has 0 N–H and O–H groups in total. The maximum absolute atomic E-state index is 4.59. The fraction of sp³-hybridized carbons (Fsp3) is 0.300. The lowest BCUT2D eigenvalue weighted by molar-refractivity contribution is 1.06. The van der Waals surface area contributed by atoms with E-state index in [0.29, 0.717) is 0 Å². The minimum atomic E-state index is 0.729. The Morgan fingerprint density at radius 1 is 1.46 bits per heavy atom. The predicted octanol–water partition coefficient (Wildman–Crippen LogP) is 2.97. The zero-order chi connectivity index (χ0) is 8.84. The lowest BCUT2D eigenvalue weighted by Gasteiger charge is -1.92. The van der Waals surface area contributed by atoms with Crippen LogP contribution in [-0.4, -0.2) is 9.38 Å². The highest BCUT2D eigenvalue weighted by Crippen LogP contribution is 2.39. The van der Waals surface area contributed by atoms with Crippen molar-refractivity contribution in [3.05, 3.63) is 34.7 Å². The molecule has 0 atom stereocenters. The Morgan fingerprint density at radius 3 is 3.00 bits per heavy atom. The van der Waals surface area contributed by atoms with Gasteiger partial charge in [0.25, 0.3) is 0 Å². The zero-order valence-electron chi connectivity index (χ0n) is 7.07. The summed E-state index contributed by atoms with van der Waals surface area (Å²) in [6.07, 6.45) is 6.79. The summed E-state index contributed by atoms with van der Waals surface area (Å²) in [6.45, 7) is 0. The van der Waals surface area contributed by atoms with E-state index in [1.807, 2.05) is 18.3 Å². The Hall–Kier alpha value is -0.830. The average Bonchev–Trinajstić information content (AvgIpc) is 2.87. The second kappa shape index (κ2) is 2.58. The lowest BCUT2D eigenvalue weighted by atomic mass is 10.3. The standard InChI is InChI=1S/C10H9BrN2/c11-8-2-1-5-13-6-9(7-3-4-7)12-10(8)13/h1-2,5-7H,3-4H2. The van der Waals surface area contributed by atoms with Gasteiger partial charge < -0.3 is 4.40 Å². The van der Waals surface area contributed by atoms with E-state index >= 15 is 0 Å². The predicted molar refractivity (Wildman–Crippen MR) is 54.9 cm³/mol. The molecule has 2 aromatic heterocycles. The van der Waals surface area contributed by atoms with Crippen LogP contribution in [0.1, 0.15) is 24.5 Å². The van der Waals surface area contributed by atoms with Crippen LogP contribution in [0, 0.1) is 0 Å². The zero-order valence-corrected chi connectivity index (χ0v) is 8.66. The number of fused-ring (bicyclic) bond motifs is 1. The van der Waals surface area contributed by atoms with Crippen molar-refractivity contribution in [2.24, 2.45) is 0 Å². The van der Waals surface area contributed by atoms with Gasteiger partial charge in [0.05, 0.1) is 10.2 Å². The minimum absolute atomic E-state index is 0.729. The molecule has 3 rings (SSSR count). The molecule has 2 heterocycles. The van der Waals surface area contributed by atoms with E-state index in [1.165, 1.54) is 18.5 Å². The molecule has 0 bridgehead atoms. The van der Waals surface area contributed by atoms with Gasteiger partial charge in [0.1, 0.15) is 0 Å². The van der Waals surface area contributed by atoms with E-state index < -0.39 is 0 Å². The molecule has 66 valence electrons. The third kappa shape index (κ3) is 1.18. The molecule has 2 nitrogen and oxygen atoms in total. The number of halogens is 1. The van der Waals surface area contributed by atoms with Crippen LogP contribution < -0.4 is 0 Å². The van der Waals surface area contributed by atoms with E-state index in [2.05, 4.69) is 31.5 Å². The molecule has 0 aliphatic heterocycles. The Bertz CT molecular complexity index is 457. The first-order chi connectivity index (χ1) is 6.34. The van der Waals surface area contributed by atoms with Gasteiger partial charge in [-0.15, -0.1) is 0 Å². The van der Waals surface area contributed by atoms with Crippen LogP contribution >= 0.6 is 15.9 Å². The van der Waals surface area contributed by atoms with Crippen molar-refractivity contribution in [3.8, 4) is 0 Å². The van der Waals surface area contributed by atoms with E-state index in [0.717, 1.165) is 16.0 Å². The maximum atomic E-state index is 4.59. The van der Waals surface area contributed by atoms with E-state index in [1.54, 1.807) is 0 Å². The molecule has 13 heavy (non-hydrogen) atoms. The molecule has 2 aromatic rings. The van der Waals surface area contributed by atoms with Crippen molar-refractivity contribution in [2.45, 2.75) is 18.8 Å². The first kappa shape index (κ1) is 7.56. The smallest absolute Gasteiger partial charge is 0.151 e. The SMILES string of the molecule is Brc1cccn2cc(C3CC3)nc12.